The Balaban J connectivity index is 1.87. The number of nitrogens with one attached hydrogen (secondary N) is 1. The monoisotopic (exact) mass is 373 g/mol. The van der Waals surface area contributed by atoms with Crippen LogP contribution >= 0.6 is 27.5 Å². The summed E-state index contributed by atoms with van der Waals surface area (Å²) in [4.78, 5) is 0. The molecule has 2 aromatic rings. The van der Waals surface area contributed by atoms with Gasteiger partial charge in [-0.05, 0) is 48.1 Å². The van der Waals surface area contributed by atoms with Gasteiger partial charge in [0.2, 0.25) is 0 Å². The third-order valence-electron chi connectivity index (χ3n) is 4.97. The van der Waals surface area contributed by atoms with E-state index < -0.39 is 0 Å². The van der Waals surface area contributed by atoms with Gasteiger partial charge in [0.25, 0.3) is 0 Å². The van der Waals surface area contributed by atoms with Gasteiger partial charge in [0.1, 0.15) is 0 Å². The van der Waals surface area contributed by atoms with Crippen LogP contribution in [0.15, 0.2) is 53.0 Å². The van der Waals surface area contributed by atoms with Crippen LogP contribution in [0.3, 0.4) is 0 Å². The van der Waals surface area contributed by atoms with Crippen LogP contribution < -0.4 is 5.32 Å². The molecule has 0 radical (unpaired) electrons. The maximum absolute atomic E-state index is 6.35. The molecule has 0 fully saturated rings. The average Bonchev–Trinajstić information content (AvgIpc) is 3.00. The molecule has 1 nitrogen and oxygen atoms in total. The predicted molar refractivity (Wildman–Crippen MR) is 96.7 cm³/mol. The third kappa shape index (κ3) is 2.12. The van der Waals surface area contributed by atoms with Gasteiger partial charge < -0.3 is 5.32 Å². The van der Waals surface area contributed by atoms with Gasteiger partial charge in [-0.3, -0.25) is 0 Å². The molecule has 112 valence electrons. The van der Waals surface area contributed by atoms with Gasteiger partial charge in [0.15, 0.2) is 0 Å². The molecular formula is C19H17BrClN. The van der Waals surface area contributed by atoms with Crippen LogP contribution in [0.25, 0.3) is 0 Å². The summed E-state index contributed by atoms with van der Waals surface area (Å²) in [6.45, 7) is 2.10. The molecule has 2 aromatic carbocycles. The highest BCUT2D eigenvalue weighted by atomic mass is 79.9. The highest BCUT2D eigenvalue weighted by molar-refractivity contribution is 9.10. The molecule has 22 heavy (non-hydrogen) atoms. The standard InChI is InChI=1S/C19H17BrClN/c1-11-17(21)10-9-14-12-6-4-7-13(12)19(22-18(11)14)15-5-2-3-8-16(15)20/h2-6,8-10,12-13,19,22H,7H2,1H3/t12-,13-,19+/m1/s1. The van der Waals surface area contributed by atoms with Crippen molar-refractivity contribution in [3.05, 3.63) is 74.7 Å². The lowest BCUT2D eigenvalue weighted by Gasteiger charge is -2.38. The van der Waals surface area contributed by atoms with Crippen LogP contribution in [0.4, 0.5) is 5.69 Å². The van der Waals surface area contributed by atoms with E-state index >= 15 is 0 Å². The van der Waals surface area contributed by atoms with Crippen molar-refractivity contribution < 1.29 is 0 Å². The fourth-order valence-electron chi connectivity index (χ4n) is 3.82. The molecule has 1 aliphatic heterocycles. The molecule has 1 aliphatic carbocycles. The van der Waals surface area contributed by atoms with Gasteiger partial charge in [-0.15, -0.1) is 0 Å². The zero-order valence-corrected chi connectivity index (χ0v) is 14.7. The Bertz CT molecular complexity index is 768. The van der Waals surface area contributed by atoms with E-state index in [0.29, 0.717) is 17.9 Å². The van der Waals surface area contributed by atoms with Crippen molar-refractivity contribution >= 4 is 33.2 Å². The molecule has 0 spiro atoms. The summed E-state index contributed by atoms with van der Waals surface area (Å²) in [5.74, 6) is 1.04. The number of fused-ring (bicyclic) bond motifs is 3. The summed E-state index contributed by atoms with van der Waals surface area (Å²) in [5, 5.41) is 4.61. The topological polar surface area (TPSA) is 12.0 Å². The zero-order chi connectivity index (χ0) is 15.3. The third-order valence-corrected chi connectivity index (χ3v) is 6.10. The van der Waals surface area contributed by atoms with E-state index in [0.717, 1.165) is 17.0 Å². The molecule has 0 bridgehead atoms. The summed E-state index contributed by atoms with van der Waals surface area (Å²) in [7, 11) is 0. The van der Waals surface area contributed by atoms with Crippen molar-refractivity contribution in [3.8, 4) is 0 Å². The molecule has 1 N–H and O–H groups in total. The first kappa shape index (κ1) is 14.3. The second-order valence-electron chi connectivity index (χ2n) is 6.13. The van der Waals surface area contributed by atoms with Crippen molar-refractivity contribution in [2.75, 3.05) is 5.32 Å². The zero-order valence-electron chi connectivity index (χ0n) is 12.3. The second-order valence-corrected chi connectivity index (χ2v) is 7.40. The van der Waals surface area contributed by atoms with Crippen LogP contribution in [-0.2, 0) is 0 Å². The number of rotatable bonds is 1. The van der Waals surface area contributed by atoms with Crippen molar-refractivity contribution in [3.63, 3.8) is 0 Å². The highest BCUT2D eigenvalue weighted by Gasteiger charge is 2.39. The van der Waals surface area contributed by atoms with Crippen LogP contribution in [0.2, 0.25) is 5.02 Å². The van der Waals surface area contributed by atoms with Crippen LogP contribution in [0, 0.1) is 12.8 Å². The van der Waals surface area contributed by atoms with Gasteiger partial charge in [0.05, 0.1) is 6.04 Å². The van der Waals surface area contributed by atoms with E-state index in [2.05, 4.69) is 70.7 Å². The number of allylic oxidation sites excluding steroid dienone is 2. The first-order valence-electron chi connectivity index (χ1n) is 7.63. The molecule has 2 aliphatic rings. The molecule has 1 heterocycles. The Morgan fingerprint density at radius 3 is 2.77 bits per heavy atom. The van der Waals surface area contributed by atoms with Crippen molar-refractivity contribution in [1.82, 2.24) is 0 Å². The SMILES string of the molecule is Cc1c(Cl)ccc2c1N[C@H](c1ccccc1Br)[C@@H]1CC=C[C@@H]21. The largest absolute Gasteiger partial charge is 0.377 e. The Hall–Kier alpha value is -1.25. The molecule has 0 saturated heterocycles. The number of hydrogen-bond donors (Lipinski definition) is 1. The molecule has 3 heteroatoms. The fraction of sp³-hybridized carbons (Fsp3) is 0.263. The van der Waals surface area contributed by atoms with E-state index in [-0.39, 0.29) is 0 Å². The smallest absolute Gasteiger partial charge is 0.0565 e. The average molecular weight is 375 g/mol. The highest BCUT2D eigenvalue weighted by Crippen LogP contribution is 2.52. The van der Waals surface area contributed by atoms with Gasteiger partial charge in [-0.2, -0.15) is 0 Å². The molecule has 0 aromatic heterocycles. The van der Waals surface area contributed by atoms with Gasteiger partial charge in [0, 0.05) is 21.1 Å². The first-order valence-corrected chi connectivity index (χ1v) is 8.80. The van der Waals surface area contributed by atoms with Crippen LogP contribution in [0.5, 0.6) is 0 Å². The molecule has 0 unspecified atom stereocenters. The normalized spacial score (nSPS) is 25.5. The minimum atomic E-state index is 0.306. The van der Waals surface area contributed by atoms with E-state index in [1.807, 2.05) is 6.07 Å². The number of hydrogen-bond acceptors (Lipinski definition) is 1. The lowest BCUT2D eigenvalue weighted by molar-refractivity contribution is 0.424. The van der Waals surface area contributed by atoms with E-state index in [1.54, 1.807) is 0 Å². The Morgan fingerprint density at radius 2 is 1.95 bits per heavy atom. The van der Waals surface area contributed by atoms with Crippen molar-refractivity contribution in [2.24, 2.45) is 5.92 Å². The summed E-state index contributed by atoms with van der Waals surface area (Å²) in [5.41, 5.74) is 5.06. The van der Waals surface area contributed by atoms with E-state index in [4.69, 9.17) is 11.6 Å². The number of halogens is 2. The van der Waals surface area contributed by atoms with Crippen LogP contribution in [0.1, 0.15) is 35.1 Å². The van der Waals surface area contributed by atoms with Gasteiger partial charge in [-0.25, -0.2) is 0 Å². The minimum Gasteiger partial charge on any atom is -0.377 e. The molecule has 3 atom stereocenters. The first-order chi connectivity index (χ1) is 10.7. The van der Waals surface area contributed by atoms with Gasteiger partial charge >= 0.3 is 0 Å². The Labute approximate surface area is 144 Å². The maximum atomic E-state index is 6.35. The summed E-state index contributed by atoms with van der Waals surface area (Å²) in [6, 6.07) is 13.0. The second kappa shape index (κ2) is 5.43. The summed E-state index contributed by atoms with van der Waals surface area (Å²) < 4.78 is 1.17. The lowest BCUT2D eigenvalue weighted by Crippen LogP contribution is -2.29. The van der Waals surface area contributed by atoms with Gasteiger partial charge in [-0.1, -0.05) is 63.9 Å². The summed E-state index contributed by atoms with van der Waals surface area (Å²) in [6.07, 6.45) is 5.80. The predicted octanol–water partition coefficient (Wildman–Crippen LogP) is 6.24. The number of benzene rings is 2. The molecular weight excluding hydrogens is 358 g/mol. The van der Waals surface area contributed by atoms with Crippen LogP contribution in [-0.4, -0.2) is 0 Å². The molecule has 4 rings (SSSR count). The fourth-order valence-corrected chi connectivity index (χ4v) is 4.51. The van der Waals surface area contributed by atoms with E-state index in [9.17, 15) is 0 Å². The maximum Gasteiger partial charge on any atom is 0.0565 e. The lowest BCUT2D eigenvalue weighted by atomic mass is 9.76. The van der Waals surface area contributed by atoms with Crippen molar-refractivity contribution in [2.45, 2.75) is 25.3 Å². The Morgan fingerprint density at radius 1 is 1.14 bits per heavy atom. The summed E-state index contributed by atoms with van der Waals surface area (Å²) >= 11 is 10.1. The van der Waals surface area contributed by atoms with Crippen molar-refractivity contribution in [1.29, 1.82) is 0 Å². The Kier molecular flexibility index (Phi) is 3.54. The quantitative estimate of drug-likeness (QED) is 0.583. The molecule has 0 amide bonds. The number of anilines is 1. The van der Waals surface area contributed by atoms with E-state index in [1.165, 1.54) is 21.3 Å². The minimum absolute atomic E-state index is 0.306. The molecule has 0 saturated carbocycles.